The van der Waals surface area contributed by atoms with E-state index in [-0.39, 0.29) is 12.4 Å². The van der Waals surface area contributed by atoms with Crippen LogP contribution in [0.3, 0.4) is 0 Å². The highest BCUT2D eigenvalue weighted by Crippen LogP contribution is 2.35. The van der Waals surface area contributed by atoms with Crippen LogP contribution >= 0.6 is 11.3 Å². The molecule has 5 rings (SSSR count). The smallest absolute Gasteiger partial charge is 0.271 e. The van der Waals surface area contributed by atoms with E-state index in [1.807, 2.05) is 53.4 Å². The molecule has 2 aliphatic rings. The van der Waals surface area contributed by atoms with Gasteiger partial charge in [0.1, 0.15) is 19.1 Å². The number of benzene rings is 2. The molecule has 0 radical (unpaired) electrons. The molecule has 2 aliphatic heterocycles. The highest BCUT2D eigenvalue weighted by Gasteiger charge is 2.19. The maximum absolute atomic E-state index is 12.9. The van der Waals surface area contributed by atoms with E-state index in [0.717, 1.165) is 33.3 Å². The third-order valence-corrected chi connectivity index (χ3v) is 5.76. The van der Waals surface area contributed by atoms with Gasteiger partial charge in [0.15, 0.2) is 16.3 Å². The summed E-state index contributed by atoms with van der Waals surface area (Å²) >= 11 is 1.41. The molecule has 3 aromatic rings. The number of methoxy groups -OCH3 is 1. The average molecular weight is 395 g/mol. The van der Waals surface area contributed by atoms with Gasteiger partial charge in [-0.25, -0.2) is 4.99 Å². The van der Waals surface area contributed by atoms with Crippen molar-refractivity contribution in [2.24, 2.45) is 4.99 Å². The van der Waals surface area contributed by atoms with Gasteiger partial charge in [0.2, 0.25) is 6.79 Å². The summed E-state index contributed by atoms with van der Waals surface area (Å²) in [7, 11) is 1.63. The number of nitrogens with zero attached hydrogens (tertiary/aromatic N) is 3. The van der Waals surface area contributed by atoms with Crippen LogP contribution in [0.4, 0.5) is 5.69 Å². The first-order valence-corrected chi connectivity index (χ1v) is 9.57. The molecule has 7 nitrogen and oxygen atoms in total. The lowest BCUT2D eigenvalue weighted by molar-refractivity contribution is 0.174. The predicted octanol–water partition coefficient (Wildman–Crippen LogP) is 1.53. The lowest BCUT2D eigenvalue weighted by Gasteiger charge is -2.25. The highest BCUT2D eigenvalue weighted by molar-refractivity contribution is 7.07. The van der Waals surface area contributed by atoms with E-state index in [1.165, 1.54) is 11.3 Å². The van der Waals surface area contributed by atoms with Crippen LogP contribution in [0.25, 0.3) is 6.08 Å². The molecule has 0 bridgehead atoms. The molecule has 0 saturated carbocycles. The summed E-state index contributed by atoms with van der Waals surface area (Å²) in [5.41, 5.74) is 1.85. The van der Waals surface area contributed by atoms with Crippen molar-refractivity contribution in [1.82, 2.24) is 4.57 Å². The Morgan fingerprint density at radius 2 is 1.96 bits per heavy atom. The van der Waals surface area contributed by atoms with Crippen molar-refractivity contribution in [3.63, 3.8) is 0 Å². The lowest BCUT2D eigenvalue weighted by atomic mass is 10.2. The third-order valence-electron chi connectivity index (χ3n) is 4.71. The fourth-order valence-electron chi connectivity index (χ4n) is 3.21. The zero-order valence-corrected chi connectivity index (χ0v) is 15.9. The van der Waals surface area contributed by atoms with Gasteiger partial charge in [0.25, 0.3) is 5.56 Å². The van der Waals surface area contributed by atoms with Gasteiger partial charge >= 0.3 is 0 Å². The summed E-state index contributed by atoms with van der Waals surface area (Å²) < 4.78 is 18.4. The quantitative estimate of drug-likeness (QED) is 0.673. The molecule has 0 aliphatic carbocycles. The number of rotatable bonds is 3. The molecule has 2 aromatic carbocycles. The zero-order valence-electron chi connectivity index (χ0n) is 15.1. The molecular formula is C20H17N3O4S. The topological polar surface area (TPSA) is 65.3 Å². The largest absolute Gasteiger partial charge is 0.497 e. The van der Waals surface area contributed by atoms with Gasteiger partial charge in [-0.2, -0.15) is 0 Å². The maximum atomic E-state index is 12.9. The SMILES string of the molecule is COc1ccc(/C=c2\sc3n(c2=O)CN(c2ccc4c(c2)OCO4)CN=3)cc1. The average Bonchev–Trinajstić information content (AvgIpc) is 3.32. The summed E-state index contributed by atoms with van der Waals surface area (Å²) in [6.45, 7) is 1.17. The van der Waals surface area contributed by atoms with Gasteiger partial charge in [0.05, 0.1) is 11.6 Å². The Balaban J connectivity index is 1.47. The van der Waals surface area contributed by atoms with E-state index < -0.39 is 0 Å². The van der Waals surface area contributed by atoms with Crippen LogP contribution in [0.1, 0.15) is 5.56 Å². The van der Waals surface area contributed by atoms with Gasteiger partial charge < -0.3 is 19.1 Å². The van der Waals surface area contributed by atoms with Gasteiger partial charge in [-0.15, -0.1) is 0 Å². The summed E-state index contributed by atoms with van der Waals surface area (Å²) in [4.78, 5) is 20.2. The lowest BCUT2D eigenvalue weighted by Crippen LogP contribution is -2.42. The van der Waals surface area contributed by atoms with E-state index in [9.17, 15) is 4.79 Å². The van der Waals surface area contributed by atoms with Gasteiger partial charge in [-0.1, -0.05) is 23.5 Å². The number of fused-ring (bicyclic) bond motifs is 2. The molecule has 0 unspecified atom stereocenters. The fourth-order valence-corrected chi connectivity index (χ4v) is 4.17. The Hall–Kier alpha value is -3.26. The van der Waals surface area contributed by atoms with Crippen molar-refractivity contribution in [3.05, 3.63) is 67.7 Å². The maximum Gasteiger partial charge on any atom is 0.271 e. The number of thiazole rings is 1. The molecule has 0 atom stereocenters. The Labute approximate surface area is 164 Å². The minimum absolute atomic E-state index is 0.0370. The van der Waals surface area contributed by atoms with Crippen LogP contribution in [-0.4, -0.2) is 25.1 Å². The second kappa shape index (κ2) is 6.72. The summed E-state index contributed by atoms with van der Waals surface area (Å²) in [5.74, 6) is 2.24. The van der Waals surface area contributed by atoms with Crippen molar-refractivity contribution in [1.29, 1.82) is 0 Å². The normalized spacial score (nSPS) is 15.3. The van der Waals surface area contributed by atoms with E-state index in [0.29, 0.717) is 17.9 Å². The van der Waals surface area contributed by atoms with Crippen molar-refractivity contribution < 1.29 is 14.2 Å². The van der Waals surface area contributed by atoms with Crippen molar-refractivity contribution in [2.75, 3.05) is 25.5 Å². The first-order valence-electron chi connectivity index (χ1n) is 8.76. The summed E-state index contributed by atoms with van der Waals surface area (Å²) in [6, 6.07) is 13.4. The molecule has 28 heavy (non-hydrogen) atoms. The summed E-state index contributed by atoms with van der Waals surface area (Å²) in [6.07, 6.45) is 1.89. The molecule has 0 spiro atoms. The Morgan fingerprint density at radius 3 is 2.79 bits per heavy atom. The van der Waals surface area contributed by atoms with Crippen LogP contribution in [0, 0.1) is 0 Å². The zero-order chi connectivity index (χ0) is 19.1. The monoisotopic (exact) mass is 395 g/mol. The van der Waals surface area contributed by atoms with Crippen molar-refractivity contribution in [2.45, 2.75) is 6.67 Å². The molecule has 0 saturated heterocycles. The van der Waals surface area contributed by atoms with E-state index >= 15 is 0 Å². The molecule has 3 heterocycles. The second-order valence-electron chi connectivity index (χ2n) is 6.42. The van der Waals surface area contributed by atoms with Crippen LogP contribution in [0.2, 0.25) is 0 Å². The van der Waals surface area contributed by atoms with Crippen LogP contribution in [0.15, 0.2) is 52.3 Å². The van der Waals surface area contributed by atoms with Gasteiger partial charge in [0, 0.05) is 11.8 Å². The molecule has 8 heteroatoms. The minimum Gasteiger partial charge on any atom is -0.497 e. The summed E-state index contributed by atoms with van der Waals surface area (Å²) in [5, 5.41) is 0. The standard InChI is InChI=1S/C20H17N3O4S/c1-25-15-5-2-13(3-6-15)8-18-19(24)23-11-22(10-21-20(23)28-18)14-4-7-16-17(9-14)27-12-26-16/h2-9H,10-12H2,1H3/b18-8-. The third kappa shape index (κ3) is 2.91. The number of aromatic nitrogens is 1. The molecular weight excluding hydrogens is 378 g/mol. The first kappa shape index (κ1) is 16.9. The predicted molar refractivity (Wildman–Crippen MR) is 106 cm³/mol. The Bertz CT molecular complexity index is 1210. The van der Waals surface area contributed by atoms with Crippen LogP contribution in [-0.2, 0) is 6.67 Å². The first-order chi connectivity index (χ1) is 13.7. The van der Waals surface area contributed by atoms with Gasteiger partial charge in [-0.3, -0.25) is 9.36 Å². The number of hydrogen-bond donors (Lipinski definition) is 0. The van der Waals surface area contributed by atoms with E-state index in [2.05, 4.69) is 4.99 Å². The number of hydrogen-bond acceptors (Lipinski definition) is 7. The number of anilines is 1. The van der Waals surface area contributed by atoms with E-state index in [4.69, 9.17) is 14.2 Å². The fraction of sp³-hybridized carbons (Fsp3) is 0.200. The molecule has 0 N–H and O–H groups in total. The highest BCUT2D eigenvalue weighted by atomic mass is 32.1. The van der Waals surface area contributed by atoms with Crippen molar-refractivity contribution >= 4 is 23.1 Å². The van der Waals surface area contributed by atoms with E-state index in [1.54, 1.807) is 11.7 Å². The Morgan fingerprint density at radius 1 is 1.14 bits per heavy atom. The molecule has 0 amide bonds. The van der Waals surface area contributed by atoms with Crippen molar-refractivity contribution in [3.8, 4) is 17.2 Å². The number of ether oxygens (including phenoxy) is 3. The minimum atomic E-state index is -0.0370. The van der Waals surface area contributed by atoms with Gasteiger partial charge in [-0.05, 0) is 35.9 Å². The molecule has 142 valence electrons. The van der Waals surface area contributed by atoms with Crippen LogP contribution < -0.4 is 34.0 Å². The van der Waals surface area contributed by atoms with Crippen LogP contribution in [0.5, 0.6) is 17.2 Å². The molecule has 1 aromatic heterocycles. The molecule has 0 fully saturated rings. The second-order valence-corrected chi connectivity index (χ2v) is 7.43. The Kier molecular flexibility index (Phi) is 4.05.